The number of alkyl halides is 1. The smallest absolute Gasteiger partial charge is 0.310 e. The fourth-order valence-corrected chi connectivity index (χ4v) is 10.9. The van der Waals surface area contributed by atoms with Crippen molar-refractivity contribution in [2.75, 3.05) is 19.8 Å². The van der Waals surface area contributed by atoms with Crippen molar-refractivity contribution in [3.05, 3.63) is 12.7 Å². The fraction of sp³-hybridized carbons (Fsp3) is 0.828. The number of carbonyl (C=O) groups is 3. The molecule has 0 radical (unpaired) electrons. The van der Waals surface area contributed by atoms with Gasteiger partial charge in [-0.3, -0.25) is 14.4 Å². The van der Waals surface area contributed by atoms with Gasteiger partial charge in [0.05, 0.1) is 35.8 Å². The summed E-state index contributed by atoms with van der Waals surface area (Å²) in [6.45, 7) is 20.7. The van der Waals surface area contributed by atoms with Crippen LogP contribution in [0.25, 0.3) is 0 Å². The summed E-state index contributed by atoms with van der Waals surface area (Å²) in [5.74, 6) is -2.02. The maximum Gasteiger partial charge on any atom is 0.310 e. The molecule has 38 heavy (non-hydrogen) atoms. The molecule has 3 fully saturated rings. The lowest BCUT2D eigenvalue weighted by atomic mass is 9.70. The van der Waals surface area contributed by atoms with Crippen LogP contribution in [0, 0.1) is 23.2 Å². The highest BCUT2D eigenvalue weighted by Crippen LogP contribution is 2.68. The summed E-state index contributed by atoms with van der Waals surface area (Å²) in [6.07, 6.45) is 3.85. The molecular weight excluding hydrogens is 568 g/mol. The predicted molar refractivity (Wildman–Crippen MR) is 156 cm³/mol. The summed E-state index contributed by atoms with van der Waals surface area (Å²) in [7, 11) is 0. The summed E-state index contributed by atoms with van der Waals surface area (Å²) >= 11 is 5.40. The van der Waals surface area contributed by atoms with Crippen LogP contribution in [-0.4, -0.2) is 84.9 Å². The summed E-state index contributed by atoms with van der Waals surface area (Å²) in [4.78, 5) is 46.0. The Morgan fingerprint density at radius 3 is 2.45 bits per heavy atom. The first-order valence-electron chi connectivity index (χ1n) is 14.0. The van der Waals surface area contributed by atoms with E-state index in [-0.39, 0.29) is 52.4 Å². The Morgan fingerprint density at radius 1 is 1.32 bits per heavy atom. The van der Waals surface area contributed by atoms with Gasteiger partial charge in [-0.1, -0.05) is 63.0 Å². The van der Waals surface area contributed by atoms with Crippen molar-refractivity contribution < 1.29 is 24.2 Å². The number of thioether (sulfide) groups is 1. The largest absolute Gasteiger partial charge is 0.466 e. The number of aliphatic hydroxyl groups excluding tert-OH is 1. The molecular formula is C29H47BrN2O5S. The molecule has 0 aliphatic carbocycles. The van der Waals surface area contributed by atoms with Gasteiger partial charge in [0.15, 0.2) is 0 Å². The molecule has 1 spiro atoms. The van der Waals surface area contributed by atoms with E-state index in [1.54, 1.807) is 29.7 Å². The van der Waals surface area contributed by atoms with Gasteiger partial charge in [0.1, 0.15) is 6.04 Å². The minimum Gasteiger partial charge on any atom is -0.466 e. The summed E-state index contributed by atoms with van der Waals surface area (Å²) in [5.41, 5.74) is -0.538. The highest BCUT2D eigenvalue weighted by Gasteiger charge is 2.77. The van der Waals surface area contributed by atoms with Gasteiger partial charge < -0.3 is 19.6 Å². The number of amides is 2. The SMILES string of the molecule is C=CCN(C(=O)C1N([C@@H](CO)[C@@H](C)CC)C(=O)[C@@H]2[C@H](C(=O)OCC)[C@H]3SC12CC3Br)C(C)(C)CC(C)(C)C. The first kappa shape index (κ1) is 31.5. The standard InChI is InChI=1S/C29H47BrN2O5S/c1-10-13-31(28(8,9)16-27(5,6)7)25(35)23-29-14-18(30)22(38-29)20(26(36)37-12-3)21(29)24(34)32(23)19(15-33)17(4)11-2/h10,17-23,33H,1,11-16H2,2-9H3/t17-,18?,19-,20-,21-,22-,23?,29?/m0/s1. The second-order valence-electron chi connectivity index (χ2n) is 13.1. The number of nitrogens with zero attached hydrogens (tertiary/aromatic N) is 2. The Bertz CT molecular complexity index is 936. The zero-order valence-corrected chi connectivity index (χ0v) is 26.7. The van der Waals surface area contributed by atoms with E-state index >= 15 is 0 Å². The molecule has 0 saturated carbocycles. The van der Waals surface area contributed by atoms with Gasteiger partial charge in [0, 0.05) is 22.2 Å². The average Bonchev–Trinajstić information content (AvgIpc) is 3.39. The molecule has 0 aromatic carbocycles. The van der Waals surface area contributed by atoms with Crippen LogP contribution in [0.4, 0.5) is 0 Å². The summed E-state index contributed by atoms with van der Waals surface area (Å²) in [6, 6.07) is -1.31. The van der Waals surface area contributed by atoms with Crippen molar-refractivity contribution in [2.24, 2.45) is 23.2 Å². The molecule has 216 valence electrons. The van der Waals surface area contributed by atoms with Gasteiger partial charge in [-0.2, -0.15) is 0 Å². The van der Waals surface area contributed by atoms with Crippen LogP contribution in [0.5, 0.6) is 0 Å². The van der Waals surface area contributed by atoms with E-state index in [1.807, 2.05) is 18.7 Å². The zero-order valence-electron chi connectivity index (χ0n) is 24.3. The highest BCUT2D eigenvalue weighted by atomic mass is 79.9. The summed E-state index contributed by atoms with van der Waals surface area (Å²) in [5, 5.41) is 10.4. The van der Waals surface area contributed by atoms with Crippen molar-refractivity contribution in [1.82, 2.24) is 9.80 Å². The first-order valence-corrected chi connectivity index (χ1v) is 15.7. The van der Waals surface area contributed by atoms with Crippen LogP contribution in [0.1, 0.15) is 74.7 Å². The van der Waals surface area contributed by atoms with Gasteiger partial charge in [-0.25, -0.2) is 0 Å². The number of esters is 1. The molecule has 7 nitrogen and oxygen atoms in total. The van der Waals surface area contributed by atoms with Crippen molar-refractivity contribution in [3.63, 3.8) is 0 Å². The molecule has 2 bridgehead atoms. The monoisotopic (exact) mass is 614 g/mol. The van der Waals surface area contributed by atoms with Gasteiger partial charge in [-0.05, 0) is 44.9 Å². The zero-order chi connectivity index (χ0) is 28.8. The maximum absolute atomic E-state index is 14.8. The number of carbonyl (C=O) groups excluding carboxylic acids is 3. The van der Waals surface area contributed by atoms with E-state index in [9.17, 15) is 19.5 Å². The Morgan fingerprint density at radius 2 is 1.95 bits per heavy atom. The number of halogens is 1. The normalized spacial score (nSPS) is 32.2. The Kier molecular flexibility index (Phi) is 9.47. The lowest BCUT2D eigenvalue weighted by molar-refractivity contribution is -0.154. The molecule has 3 aliphatic heterocycles. The predicted octanol–water partition coefficient (Wildman–Crippen LogP) is 4.65. The van der Waals surface area contributed by atoms with Crippen molar-refractivity contribution in [1.29, 1.82) is 0 Å². The van der Waals surface area contributed by atoms with Crippen LogP contribution in [0.15, 0.2) is 12.7 Å². The fourth-order valence-electron chi connectivity index (χ4n) is 7.33. The van der Waals surface area contributed by atoms with E-state index in [2.05, 4.69) is 57.1 Å². The molecule has 3 rings (SSSR count). The second-order valence-corrected chi connectivity index (χ2v) is 15.8. The van der Waals surface area contributed by atoms with Crippen molar-refractivity contribution in [3.8, 4) is 0 Å². The minimum atomic E-state index is -0.792. The number of rotatable bonds is 11. The van der Waals surface area contributed by atoms with Crippen LogP contribution >= 0.6 is 27.7 Å². The Balaban J connectivity index is 2.19. The third-order valence-corrected chi connectivity index (χ3v) is 11.9. The van der Waals surface area contributed by atoms with Crippen molar-refractivity contribution in [2.45, 2.75) is 107 Å². The average molecular weight is 616 g/mol. The van der Waals surface area contributed by atoms with Crippen molar-refractivity contribution >= 4 is 45.5 Å². The third kappa shape index (κ3) is 5.32. The highest BCUT2D eigenvalue weighted by molar-refractivity contribution is 9.09. The lowest BCUT2D eigenvalue weighted by Gasteiger charge is -2.47. The number of fused-ring (bicyclic) bond motifs is 1. The Labute approximate surface area is 241 Å². The van der Waals surface area contributed by atoms with Gasteiger partial charge in [-0.15, -0.1) is 18.3 Å². The molecule has 0 aromatic rings. The minimum absolute atomic E-state index is 0.0204. The van der Waals surface area contributed by atoms with E-state index in [0.29, 0.717) is 13.0 Å². The molecule has 3 heterocycles. The lowest BCUT2D eigenvalue weighted by Crippen LogP contribution is -2.62. The molecule has 0 aromatic heterocycles. The molecule has 3 saturated heterocycles. The number of hydrogen-bond acceptors (Lipinski definition) is 6. The van der Waals surface area contributed by atoms with Crippen LogP contribution in [-0.2, 0) is 19.1 Å². The molecule has 1 N–H and O–H groups in total. The van der Waals surface area contributed by atoms with E-state index in [1.165, 1.54) is 0 Å². The number of aliphatic hydroxyl groups is 1. The van der Waals surface area contributed by atoms with E-state index < -0.39 is 34.2 Å². The third-order valence-electron chi connectivity index (χ3n) is 8.64. The molecule has 8 atom stereocenters. The van der Waals surface area contributed by atoms with Gasteiger partial charge >= 0.3 is 5.97 Å². The number of hydrogen-bond donors (Lipinski definition) is 1. The van der Waals surface area contributed by atoms with Crippen LogP contribution in [0.3, 0.4) is 0 Å². The van der Waals surface area contributed by atoms with Gasteiger partial charge in [0.2, 0.25) is 11.8 Å². The Hall–Kier alpha value is -1.06. The van der Waals surface area contributed by atoms with Crippen LogP contribution < -0.4 is 0 Å². The topological polar surface area (TPSA) is 87.2 Å². The second kappa shape index (κ2) is 11.4. The number of likely N-dealkylation sites (tertiary alicyclic amines) is 1. The van der Waals surface area contributed by atoms with Gasteiger partial charge in [0.25, 0.3) is 0 Å². The first-order chi connectivity index (χ1) is 17.6. The van der Waals surface area contributed by atoms with E-state index in [0.717, 1.165) is 12.8 Å². The summed E-state index contributed by atoms with van der Waals surface area (Å²) < 4.78 is 4.68. The molecule has 3 unspecified atom stereocenters. The number of ether oxygens (including phenoxy) is 1. The molecule has 2 amide bonds. The molecule has 3 aliphatic rings. The van der Waals surface area contributed by atoms with Crippen LogP contribution in [0.2, 0.25) is 0 Å². The quantitative estimate of drug-likeness (QED) is 0.207. The maximum atomic E-state index is 14.8. The van der Waals surface area contributed by atoms with E-state index in [4.69, 9.17) is 4.74 Å². The molecule has 9 heteroatoms.